The highest BCUT2D eigenvalue weighted by Crippen LogP contribution is 2.42. The van der Waals surface area contributed by atoms with Gasteiger partial charge < -0.3 is 13.7 Å². The monoisotopic (exact) mass is 907 g/mol. The molecular formula is C66H45N3Si. The summed E-state index contributed by atoms with van der Waals surface area (Å²) >= 11 is 0. The first-order valence-corrected chi connectivity index (χ1v) is 26.2. The van der Waals surface area contributed by atoms with E-state index in [2.05, 4.69) is 287 Å². The highest BCUT2D eigenvalue weighted by Gasteiger charge is 2.43. The van der Waals surface area contributed by atoms with E-state index in [4.69, 9.17) is 0 Å². The van der Waals surface area contributed by atoms with Crippen LogP contribution in [0.15, 0.2) is 273 Å². The minimum atomic E-state index is -3.06. The Hall–Kier alpha value is -8.96. The Bertz CT molecular complexity index is 4130. The summed E-state index contributed by atoms with van der Waals surface area (Å²) in [7, 11) is -3.06. The molecule has 0 fully saturated rings. The maximum Gasteiger partial charge on any atom is 0.180 e. The molecule has 0 N–H and O–H groups in total. The summed E-state index contributed by atoms with van der Waals surface area (Å²) in [5, 5.41) is 12.8. The van der Waals surface area contributed by atoms with Gasteiger partial charge in [0.2, 0.25) is 0 Å². The molecule has 4 heteroatoms. The van der Waals surface area contributed by atoms with Crippen LogP contribution in [0.2, 0.25) is 0 Å². The maximum atomic E-state index is 2.55. The third-order valence-corrected chi connectivity index (χ3v) is 19.6. The van der Waals surface area contributed by atoms with Crippen molar-refractivity contribution >= 4 is 94.2 Å². The predicted molar refractivity (Wildman–Crippen MR) is 299 cm³/mol. The summed E-state index contributed by atoms with van der Waals surface area (Å²) in [6.07, 6.45) is 0. The van der Waals surface area contributed by atoms with Crippen LogP contribution in [-0.4, -0.2) is 21.8 Å². The van der Waals surface area contributed by atoms with Gasteiger partial charge in [-0.15, -0.1) is 0 Å². The molecule has 0 bridgehead atoms. The van der Waals surface area contributed by atoms with Crippen molar-refractivity contribution in [1.29, 1.82) is 0 Å². The van der Waals surface area contributed by atoms with Crippen molar-refractivity contribution in [2.45, 2.75) is 0 Å². The van der Waals surface area contributed by atoms with Crippen LogP contribution in [0.4, 0.5) is 0 Å². The Morgan fingerprint density at radius 2 is 0.657 bits per heavy atom. The Kier molecular flexibility index (Phi) is 9.23. The molecule has 0 amide bonds. The van der Waals surface area contributed by atoms with Crippen LogP contribution in [0.25, 0.3) is 93.6 Å². The quantitative estimate of drug-likeness (QED) is 0.107. The Morgan fingerprint density at radius 3 is 1.24 bits per heavy atom. The van der Waals surface area contributed by atoms with Crippen molar-refractivity contribution in [3.63, 3.8) is 0 Å². The zero-order valence-corrected chi connectivity index (χ0v) is 39.3. The van der Waals surface area contributed by atoms with E-state index in [1.807, 2.05) is 0 Å². The lowest BCUT2D eigenvalue weighted by Crippen LogP contribution is -2.74. The minimum absolute atomic E-state index is 1.11. The molecule has 3 aromatic heterocycles. The standard InChI is InChI=1S/C66H45N3Si/c1-5-22-46(23-6-1)47-24-19-25-48(44-47)67-57-35-16-13-34-55(57)56-43-42-49(45-63(56)67)68-60-38-20-39-61(69-58-36-17-14-32-53(58)54-33-15-18-37-59(54)69)65(60)66-62(68)40-21-41-64(66)70(50-26-7-2-8-27-50,51-28-9-3-10-29-51)52-30-11-4-12-31-52/h1-45H. The lowest BCUT2D eigenvalue weighted by atomic mass is 10.1. The number of rotatable bonds is 8. The van der Waals surface area contributed by atoms with E-state index >= 15 is 0 Å². The molecule has 70 heavy (non-hydrogen) atoms. The van der Waals surface area contributed by atoms with Gasteiger partial charge >= 0.3 is 0 Å². The number of para-hydroxylation sites is 3. The molecule has 0 saturated heterocycles. The van der Waals surface area contributed by atoms with Gasteiger partial charge in [-0.1, -0.05) is 212 Å². The van der Waals surface area contributed by atoms with Crippen molar-refractivity contribution < 1.29 is 0 Å². The molecule has 0 aliphatic carbocycles. The molecule has 0 atom stereocenters. The lowest BCUT2D eigenvalue weighted by Gasteiger charge is -2.35. The summed E-state index contributed by atoms with van der Waals surface area (Å²) in [6, 6.07) is 102. The SMILES string of the molecule is c1ccc(-c2cccc(-n3c4ccccc4c4ccc(-n5c6cccc(-n7c8ccccc8c8ccccc87)c6c6c([Si](c7ccccc7)(c7ccccc7)c7ccccc7)cccc65)cc43)c2)cc1. The largest absolute Gasteiger partial charge is 0.309 e. The van der Waals surface area contributed by atoms with Crippen LogP contribution >= 0.6 is 0 Å². The van der Waals surface area contributed by atoms with Crippen LogP contribution in [0.1, 0.15) is 0 Å². The van der Waals surface area contributed by atoms with E-state index in [-0.39, 0.29) is 0 Å². The normalized spacial score (nSPS) is 12.0. The number of nitrogens with zero attached hydrogens (tertiary/aromatic N) is 3. The molecule has 3 nitrogen and oxygen atoms in total. The number of aromatic nitrogens is 3. The molecule has 0 spiro atoms. The van der Waals surface area contributed by atoms with E-state index in [9.17, 15) is 0 Å². The number of benzene rings is 11. The molecule has 0 saturated carbocycles. The molecule has 0 aliphatic rings. The first-order valence-electron chi connectivity index (χ1n) is 24.2. The van der Waals surface area contributed by atoms with Crippen molar-refractivity contribution in [2.24, 2.45) is 0 Å². The molecule has 3 heterocycles. The second-order valence-electron chi connectivity index (χ2n) is 18.4. The van der Waals surface area contributed by atoms with Crippen LogP contribution in [0.3, 0.4) is 0 Å². The number of hydrogen-bond acceptors (Lipinski definition) is 0. The first kappa shape index (κ1) is 40.1. The lowest BCUT2D eigenvalue weighted by molar-refractivity contribution is 1.15. The topological polar surface area (TPSA) is 14.8 Å². The van der Waals surface area contributed by atoms with E-state index in [1.165, 1.54) is 86.3 Å². The number of fused-ring (bicyclic) bond motifs is 9. The van der Waals surface area contributed by atoms with Crippen LogP contribution in [-0.2, 0) is 0 Å². The molecule has 328 valence electrons. The van der Waals surface area contributed by atoms with Crippen LogP contribution in [0, 0.1) is 0 Å². The highest BCUT2D eigenvalue weighted by atomic mass is 28.3. The number of hydrogen-bond donors (Lipinski definition) is 0. The fourth-order valence-electron chi connectivity index (χ4n) is 11.9. The van der Waals surface area contributed by atoms with Gasteiger partial charge in [0.15, 0.2) is 8.07 Å². The summed E-state index contributed by atoms with van der Waals surface area (Å²) in [5.41, 5.74) is 12.9. The fourth-order valence-corrected chi connectivity index (χ4v) is 16.9. The van der Waals surface area contributed by atoms with E-state index in [0.29, 0.717) is 0 Å². The summed E-state index contributed by atoms with van der Waals surface area (Å²) < 4.78 is 7.53. The Labute approximate surface area is 407 Å². The van der Waals surface area contributed by atoms with Crippen molar-refractivity contribution in [1.82, 2.24) is 13.7 Å². The van der Waals surface area contributed by atoms with Crippen molar-refractivity contribution in [2.75, 3.05) is 0 Å². The van der Waals surface area contributed by atoms with Gasteiger partial charge in [0.05, 0.1) is 38.8 Å². The van der Waals surface area contributed by atoms with Gasteiger partial charge in [0, 0.05) is 43.7 Å². The molecule has 14 aromatic rings. The van der Waals surface area contributed by atoms with Gasteiger partial charge in [0.1, 0.15) is 0 Å². The fraction of sp³-hybridized carbons (Fsp3) is 0. The Balaban J connectivity index is 1.14. The molecule has 11 aromatic carbocycles. The van der Waals surface area contributed by atoms with Crippen LogP contribution in [0.5, 0.6) is 0 Å². The van der Waals surface area contributed by atoms with Gasteiger partial charge in [-0.3, -0.25) is 0 Å². The third kappa shape index (κ3) is 5.94. The average molecular weight is 908 g/mol. The highest BCUT2D eigenvalue weighted by molar-refractivity contribution is 7.20. The maximum absolute atomic E-state index is 3.06. The second kappa shape index (κ2) is 16.1. The second-order valence-corrected chi connectivity index (χ2v) is 22.2. The molecule has 0 aliphatic heterocycles. The summed E-state index contributed by atoms with van der Waals surface area (Å²) in [4.78, 5) is 0. The summed E-state index contributed by atoms with van der Waals surface area (Å²) in [5.74, 6) is 0. The molecule has 0 radical (unpaired) electrons. The van der Waals surface area contributed by atoms with E-state index in [1.54, 1.807) is 0 Å². The van der Waals surface area contributed by atoms with E-state index < -0.39 is 8.07 Å². The average Bonchev–Trinajstić information content (AvgIpc) is 4.08. The van der Waals surface area contributed by atoms with Gasteiger partial charge in [-0.25, -0.2) is 0 Å². The van der Waals surface area contributed by atoms with Crippen molar-refractivity contribution in [3.8, 4) is 28.2 Å². The molecule has 14 rings (SSSR count). The smallest absolute Gasteiger partial charge is 0.180 e. The minimum Gasteiger partial charge on any atom is -0.309 e. The predicted octanol–water partition coefficient (Wildman–Crippen LogP) is 14.0. The van der Waals surface area contributed by atoms with Gasteiger partial charge in [-0.2, -0.15) is 0 Å². The molecular weight excluding hydrogens is 863 g/mol. The third-order valence-electron chi connectivity index (χ3n) is 14.8. The zero-order valence-electron chi connectivity index (χ0n) is 38.3. The van der Waals surface area contributed by atoms with Crippen molar-refractivity contribution in [3.05, 3.63) is 273 Å². The molecule has 0 unspecified atom stereocenters. The van der Waals surface area contributed by atoms with Gasteiger partial charge in [0.25, 0.3) is 0 Å². The summed E-state index contributed by atoms with van der Waals surface area (Å²) in [6.45, 7) is 0. The van der Waals surface area contributed by atoms with E-state index in [0.717, 1.165) is 28.1 Å². The van der Waals surface area contributed by atoms with Gasteiger partial charge in [-0.05, 0) is 92.5 Å². The van der Waals surface area contributed by atoms with Crippen LogP contribution < -0.4 is 20.7 Å². The Morgan fingerprint density at radius 1 is 0.243 bits per heavy atom. The first-order chi connectivity index (χ1) is 34.8. The zero-order chi connectivity index (χ0) is 46.2.